The second-order valence-corrected chi connectivity index (χ2v) is 11.1. The van der Waals surface area contributed by atoms with Crippen LogP contribution < -0.4 is 10.1 Å². The quantitative estimate of drug-likeness (QED) is 0.539. The van der Waals surface area contributed by atoms with Crippen LogP contribution in [0.1, 0.15) is 78.4 Å². The molecule has 0 unspecified atom stereocenters. The summed E-state index contributed by atoms with van der Waals surface area (Å²) in [5, 5.41) is 3.13. The number of nitrogens with one attached hydrogen (secondary N) is 1. The molecule has 0 atom stereocenters. The van der Waals surface area contributed by atoms with Crippen LogP contribution in [0.5, 0.6) is 5.75 Å². The molecule has 1 N–H and O–H groups in total. The van der Waals surface area contributed by atoms with E-state index < -0.39 is 0 Å². The van der Waals surface area contributed by atoms with Gasteiger partial charge in [-0.1, -0.05) is 24.3 Å². The number of carbonyl (C=O) groups excluding carboxylic acids is 1. The van der Waals surface area contributed by atoms with Gasteiger partial charge in [-0.25, -0.2) is 0 Å². The van der Waals surface area contributed by atoms with E-state index in [-0.39, 0.29) is 5.91 Å². The van der Waals surface area contributed by atoms with E-state index in [4.69, 9.17) is 4.74 Å². The summed E-state index contributed by atoms with van der Waals surface area (Å²) in [4.78, 5) is 18.1. The Morgan fingerprint density at radius 2 is 1.72 bits per heavy atom. The van der Waals surface area contributed by atoms with Crippen molar-refractivity contribution >= 4 is 5.91 Å². The molecule has 3 aliphatic rings. The van der Waals surface area contributed by atoms with Crippen molar-refractivity contribution in [1.29, 1.82) is 0 Å². The molecule has 1 aliphatic carbocycles. The third-order valence-corrected chi connectivity index (χ3v) is 7.84. The van der Waals surface area contributed by atoms with Crippen LogP contribution in [0.3, 0.4) is 0 Å². The highest BCUT2D eigenvalue weighted by Crippen LogP contribution is 2.31. The smallest absolute Gasteiger partial charge is 0.251 e. The first-order valence-corrected chi connectivity index (χ1v) is 14.3. The minimum atomic E-state index is 0.0168. The minimum absolute atomic E-state index is 0.0168. The Hall–Kier alpha value is -2.37. The predicted molar refractivity (Wildman–Crippen MR) is 146 cm³/mol. The summed E-state index contributed by atoms with van der Waals surface area (Å²) in [5.74, 6) is 1.84. The molecule has 5 nitrogen and oxygen atoms in total. The average Bonchev–Trinajstić information content (AvgIpc) is 3.54. The highest BCUT2D eigenvalue weighted by molar-refractivity contribution is 5.94. The van der Waals surface area contributed by atoms with Gasteiger partial charge >= 0.3 is 0 Å². The Bertz CT molecular complexity index is 997. The topological polar surface area (TPSA) is 44.8 Å². The number of rotatable bonds is 7. The molecule has 2 heterocycles. The number of carbonyl (C=O) groups is 1. The molecular formula is C31H43N3O2. The first-order chi connectivity index (χ1) is 17.7. The van der Waals surface area contributed by atoms with E-state index in [0.29, 0.717) is 0 Å². The van der Waals surface area contributed by atoms with E-state index in [9.17, 15) is 4.79 Å². The molecule has 0 aromatic heterocycles. The summed E-state index contributed by atoms with van der Waals surface area (Å²) in [6.45, 7) is 8.39. The van der Waals surface area contributed by atoms with Crippen molar-refractivity contribution in [1.82, 2.24) is 15.1 Å². The zero-order chi connectivity index (χ0) is 24.6. The molecule has 0 radical (unpaired) electrons. The van der Waals surface area contributed by atoms with Crippen LogP contribution in [-0.4, -0.2) is 61.6 Å². The lowest BCUT2D eigenvalue weighted by molar-refractivity contribution is 0.0952. The van der Waals surface area contributed by atoms with E-state index in [0.717, 1.165) is 68.3 Å². The molecule has 5 heteroatoms. The van der Waals surface area contributed by atoms with Gasteiger partial charge in [0.25, 0.3) is 5.91 Å². The molecule has 1 amide bonds. The third kappa shape index (κ3) is 7.57. The molecule has 36 heavy (non-hydrogen) atoms. The van der Waals surface area contributed by atoms with Crippen molar-refractivity contribution in [3.05, 3.63) is 64.7 Å². The van der Waals surface area contributed by atoms with Gasteiger partial charge in [0.05, 0.1) is 6.61 Å². The van der Waals surface area contributed by atoms with Gasteiger partial charge in [-0.2, -0.15) is 0 Å². The van der Waals surface area contributed by atoms with Crippen LogP contribution in [0.25, 0.3) is 0 Å². The molecule has 194 valence electrons. The van der Waals surface area contributed by atoms with Gasteiger partial charge in [0.1, 0.15) is 5.75 Å². The lowest BCUT2D eigenvalue weighted by Crippen LogP contribution is -2.28. The molecule has 2 aliphatic heterocycles. The normalized spacial score (nSPS) is 19.8. The van der Waals surface area contributed by atoms with Gasteiger partial charge in [-0.05, 0) is 118 Å². The fraction of sp³-hybridized carbons (Fsp3) is 0.581. The van der Waals surface area contributed by atoms with Crippen LogP contribution in [0, 0.1) is 5.92 Å². The third-order valence-electron chi connectivity index (χ3n) is 7.84. The molecule has 5 rings (SSSR count). The molecule has 2 bridgehead atoms. The number of hydrogen-bond acceptors (Lipinski definition) is 4. The van der Waals surface area contributed by atoms with E-state index in [1.807, 2.05) is 18.2 Å². The van der Waals surface area contributed by atoms with Crippen LogP contribution in [0.2, 0.25) is 0 Å². The maximum atomic E-state index is 12.9. The van der Waals surface area contributed by atoms with Crippen molar-refractivity contribution in [2.45, 2.75) is 64.3 Å². The standard InChI is InChI=1S/C31H43N3O2/c35-31(32-14-7-18-33-15-3-4-16-33)28-12-13-30-29(22-28)21-26-8-6-9-27(20-26)24-34(23-25-10-11-25)17-2-1-5-19-36-30/h6,8-9,12-13,20,22,25H,1-5,7,10-11,14-19,21,23-24H2,(H,32,35). The number of benzene rings is 2. The zero-order valence-electron chi connectivity index (χ0n) is 21.9. The van der Waals surface area contributed by atoms with Crippen LogP contribution in [0.4, 0.5) is 0 Å². The molecule has 2 fully saturated rings. The van der Waals surface area contributed by atoms with Crippen molar-refractivity contribution in [2.24, 2.45) is 5.92 Å². The Morgan fingerprint density at radius 3 is 2.58 bits per heavy atom. The van der Waals surface area contributed by atoms with Gasteiger partial charge in [0.15, 0.2) is 0 Å². The maximum absolute atomic E-state index is 12.9. The number of ether oxygens (including phenoxy) is 1. The maximum Gasteiger partial charge on any atom is 0.251 e. The Kier molecular flexibility index (Phi) is 8.95. The molecular weight excluding hydrogens is 446 g/mol. The van der Waals surface area contributed by atoms with Crippen molar-refractivity contribution < 1.29 is 9.53 Å². The molecule has 1 saturated heterocycles. The summed E-state index contributed by atoms with van der Waals surface area (Å²) in [5.41, 5.74) is 4.50. The second kappa shape index (κ2) is 12.7. The molecule has 2 aromatic carbocycles. The monoisotopic (exact) mass is 489 g/mol. The van der Waals surface area contributed by atoms with Crippen LogP contribution >= 0.6 is 0 Å². The summed E-state index contributed by atoms with van der Waals surface area (Å²) >= 11 is 0. The van der Waals surface area contributed by atoms with Gasteiger partial charge in [-0.15, -0.1) is 0 Å². The van der Waals surface area contributed by atoms with Crippen molar-refractivity contribution in [3.63, 3.8) is 0 Å². The average molecular weight is 490 g/mol. The van der Waals surface area contributed by atoms with Gasteiger partial charge < -0.3 is 15.0 Å². The SMILES string of the molecule is O=C(NCCCN1CCCC1)c1ccc2c(c1)Cc1cccc(c1)CN(CC1CC1)CCCCCO2. The largest absolute Gasteiger partial charge is 0.493 e. The number of likely N-dealkylation sites (tertiary alicyclic amines) is 1. The summed E-state index contributed by atoms with van der Waals surface area (Å²) < 4.78 is 6.24. The minimum Gasteiger partial charge on any atom is -0.493 e. The van der Waals surface area contributed by atoms with Gasteiger partial charge in [-0.3, -0.25) is 9.69 Å². The summed E-state index contributed by atoms with van der Waals surface area (Å²) in [6, 6.07) is 15.0. The van der Waals surface area contributed by atoms with Gasteiger partial charge in [0.2, 0.25) is 0 Å². The van der Waals surface area contributed by atoms with E-state index in [2.05, 4.69) is 39.4 Å². The Labute approximate surface area is 217 Å². The van der Waals surface area contributed by atoms with E-state index >= 15 is 0 Å². The fourth-order valence-electron chi connectivity index (χ4n) is 5.63. The zero-order valence-corrected chi connectivity index (χ0v) is 21.9. The first kappa shape index (κ1) is 25.3. The van der Waals surface area contributed by atoms with E-state index in [1.54, 1.807) is 0 Å². The molecule has 1 saturated carbocycles. The fourth-order valence-corrected chi connectivity index (χ4v) is 5.63. The summed E-state index contributed by atoms with van der Waals surface area (Å²) in [6.07, 6.45) is 10.7. The molecule has 0 spiro atoms. The summed E-state index contributed by atoms with van der Waals surface area (Å²) in [7, 11) is 0. The number of hydrogen-bond donors (Lipinski definition) is 1. The lowest BCUT2D eigenvalue weighted by Gasteiger charge is -2.23. The van der Waals surface area contributed by atoms with Crippen LogP contribution in [0.15, 0.2) is 42.5 Å². The highest BCUT2D eigenvalue weighted by atomic mass is 16.5. The van der Waals surface area contributed by atoms with Gasteiger partial charge in [0, 0.05) is 31.6 Å². The molecule has 2 aromatic rings. The predicted octanol–water partition coefficient (Wildman–Crippen LogP) is 5.27. The second-order valence-electron chi connectivity index (χ2n) is 11.1. The van der Waals surface area contributed by atoms with E-state index in [1.165, 1.54) is 75.8 Å². The highest BCUT2D eigenvalue weighted by Gasteiger charge is 2.24. The lowest BCUT2D eigenvalue weighted by atomic mass is 9.99. The first-order valence-electron chi connectivity index (χ1n) is 14.3. The van der Waals surface area contributed by atoms with Crippen LogP contribution in [-0.2, 0) is 13.0 Å². The Balaban J connectivity index is 1.26. The number of amides is 1. The van der Waals surface area contributed by atoms with Crippen molar-refractivity contribution in [2.75, 3.05) is 45.9 Å². The number of fused-ring (bicyclic) bond motifs is 3. The Morgan fingerprint density at radius 1 is 0.917 bits per heavy atom. The number of nitrogens with zero attached hydrogens (tertiary/aromatic N) is 2. The van der Waals surface area contributed by atoms with Crippen molar-refractivity contribution in [3.8, 4) is 5.75 Å².